The summed E-state index contributed by atoms with van der Waals surface area (Å²) >= 11 is 0. The average Bonchev–Trinajstić information content (AvgIpc) is 2.14. The molecule has 3 unspecified atom stereocenters. The monoisotopic (exact) mass is 197 g/mol. The lowest BCUT2D eigenvalue weighted by Crippen LogP contribution is -2.43. The van der Waals surface area contributed by atoms with Crippen molar-refractivity contribution in [1.29, 1.82) is 5.26 Å². The van der Waals surface area contributed by atoms with Gasteiger partial charge in [-0.25, -0.2) is 0 Å². The molecule has 0 bridgehead atoms. The molecular weight excluding hydrogens is 178 g/mol. The van der Waals surface area contributed by atoms with Crippen LogP contribution in [-0.4, -0.2) is 29.9 Å². The Hall–Kier alpha value is -1.08. The summed E-state index contributed by atoms with van der Waals surface area (Å²) in [7, 11) is 1.71. The fourth-order valence-corrected chi connectivity index (χ4v) is 1.03. The number of nitrogens with two attached hydrogens (primary N) is 1. The van der Waals surface area contributed by atoms with E-state index >= 15 is 0 Å². The lowest BCUT2D eigenvalue weighted by atomic mass is 10.0. The zero-order chi connectivity index (χ0) is 11.3. The Kier molecular flexibility index (Phi) is 5.18. The van der Waals surface area contributed by atoms with E-state index in [9.17, 15) is 4.79 Å². The van der Waals surface area contributed by atoms with Gasteiger partial charge in [0.05, 0.1) is 18.4 Å². The fraction of sp³-hybridized carbons (Fsp3) is 0.800. The number of amides is 1. The molecule has 0 saturated carbocycles. The molecule has 0 aliphatic rings. The normalized spacial score (nSPS) is 16.6. The topological polar surface area (TPSA) is 70.1 Å². The van der Waals surface area contributed by atoms with Gasteiger partial charge in [0.2, 0.25) is 5.91 Å². The van der Waals surface area contributed by atoms with Crippen LogP contribution in [0, 0.1) is 17.2 Å². The van der Waals surface area contributed by atoms with Crippen LogP contribution in [0.4, 0.5) is 0 Å². The summed E-state index contributed by atoms with van der Waals surface area (Å²) in [6.07, 6.45) is 0.355. The van der Waals surface area contributed by atoms with E-state index in [0.717, 1.165) is 0 Å². The largest absolute Gasteiger partial charge is 0.342 e. The number of carbonyl (C=O) groups is 1. The molecule has 0 radical (unpaired) electrons. The third-order valence-electron chi connectivity index (χ3n) is 2.57. The third kappa shape index (κ3) is 3.35. The van der Waals surface area contributed by atoms with Gasteiger partial charge in [-0.2, -0.15) is 5.26 Å². The van der Waals surface area contributed by atoms with Crippen LogP contribution in [0.3, 0.4) is 0 Å². The van der Waals surface area contributed by atoms with Crippen molar-refractivity contribution in [1.82, 2.24) is 4.90 Å². The molecule has 0 aromatic carbocycles. The number of carbonyl (C=O) groups excluding carboxylic acids is 1. The second-order valence-corrected chi connectivity index (χ2v) is 3.81. The molecule has 0 heterocycles. The highest BCUT2D eigenvalue weighted by Crippen LogP contribution is 2.09. The molecule has 0 saturated heterocycles. The van der Waals surface area contributed by atoms with Crippen molar-refractivity contribution in [3.63, 3.8) is 0 Å². The zero-order valence-corrected chi connectivity index (χ0v) is 9.32. The van der Waals surface area contributed by atoms with Gasteiger partial charge in [0.1, 0.15) is 0 Å². The number of hydrogen-bond donors (Lipinski definition) is 1. The van der Waals surface area contributed by atoms with E-state index in [4.69, 9.17) is 11.0 Å². The average molecular weight is 197 g/mol. The molecule has 0 aliphatic carbocycles. The first-order valence-corrected chi connectivity index (χ1v) is 4.81. The predicted octanol–water partition coefficient (Wildman–Crippen LogP) is 0.730. The van der Waals surface area contributed by atoms with Crippen LogP contribution >= 0.6 is 0 Å². The van der Waals surface area contributed by atoms with Gasteiger partial charge in [-0.3, -0.25) is 4.79 Å². The molecule has 0 fully saturated rings. The van der Waals surface area contributed by atoms with Crippen molar-refractivity contribution in [2.45, 2.75) is 39.3 Å². The lowest BCUT2D eigenvalue weighted by Gasteiger charge is -2.27. The molecule has 4 heteroatoms. The molecular formula is C10H19N3O. The van der Waals surface area contributed by atoms with Gasteiger partial charge in [-0.15, -0.1) is 0 Å². The Balaban J connectivity index is 4.32. The molecule has 0 aromatic heterocycles. The smallest absolute Gasteiger partial charge is 0.226 e. The van der Waals surface area contributed by atoms with E-state index < -0.39 is 0 Å². The van der Waals surface area contributed by atoms with Crippen molar-refractivity contribution in [3.05, 3.63) is 0 Å². The van der Waals surface area contributed by atoms with Crippen LogP contribution in [-0.2, 0) is 4.79 Å². The summed E-state index contributed by atoms with van der Waals surface area (Å²) in [6, 6.07) is 1.85. The molecule has 2 N–H and O–H groups in total. The summed E-state index contributed by atoms with van der Waals surface area (Å²) < 4.78 is 0. The Morgan fingerprint density at radius 1 is 1.50 bits per heavy atom. The van der Waals surface area contributed by atoms with Crippen molar-refractivity contribution in [2.24, 2.45) is 11.7 Å². The molecule has 4 nitrogen and oxygen atoms in total. The molecule has 80 valence electrons. The predicted molar refractivity (Wildman–Crippen MR) is 55.3 cm³/mol. The van der Waals surface area contributed by atoms with Gasteiger partial charge < -0.3 is 10.6 Å². The van der Waals surface area contributed by atoms with Crippen LogP contribution in [0.2, 0.25) is 0 Å². The Bertz CT molecular complexity index is 232. The van der Waals surface area contributed by atoms with E-state index in [1.807, 2.05) is 26.8 Å². The number of hydrogen-bond acceptors (Lipinski definition) is 3. The number of nitrogens with zero attached hydrogens (tertiary/aromatic N) is 2. The first-order valence-electron chi connectivity index (χ1n) is 4.81. The summed E-state index contributed by atoms with van der Waals surface area (Å²) in [5, 5.41) is 8.50. The Labute approximate surface area is 85.7 Å². The van der Waals surface area contributed by atoms with Crippen molar-refractivity contribution in [3.8, 4) is 6.07 Å². The maximum atomic E-state index is 11.7. The number of nitriles is 1. The summed E-state index contributed by atoms with van der Waals surface area (Å²) in [4.78, 5) is 13.3. The molecule has 0 aliphatic heterocycles. The quantitative estimate of drug-likeness (QED) is 0.722. The van der Waals surface area contributed by atoms with Crippen LogP contribution in [0.5, 0.6) is 0 Å². The maximum absolute atomic E-state index is 11.7. The fourth-order valence-electron chi connectivity index (χ4n) is 1.03. The summed E-state index contributed by atoms with van der Waals surface area (Å²) in [5.41, 5.74) is 5.64. The van der Waals surface area contributed by atoms with Gasteiger partial charge in [0, 0.05) is 19.1 Å². The lowest BCUT2D eigenvalue weighted by molar-refractivity contribution is -0.135. The van der Waals surface area contributed by atoms with Crippen LogP contribution in [0.15, 0.2) is 0 Å². The molecule has 0 spiro atoms. The highest BCUT2D eigenvalue weighted by molar-refractivity contribution is 5.79. The maximum Gasteiger partial charge on any atom is 0.226 e. The van der Waals surface area contributed by atoms with Crippen LogP contribution < -0.4 is 5.73 Å². The molecule has 1 amide bonds. The van der Waals surface area contributed by atoms with Gasteiger partial charge in [0.25, 0.3) is 0 Å². The van der Waals surface area contributed by atoms with E-state index in [1.165, 1.54) is 0 Å². The molecule has 14 heavy (non-hydrogen) atoms. The van der Waals surface area contributed by atoms with E-state index in [1.54, 1.807) is 11.9 Å². The number of rotatable bonds is 4. The van der Waals surface area contributed by atoms with E-state index in [0.29, 0.717) is 6.42 Å². The highest BCUT2D eigenvalue weighted by atomic mass is 16.2. The standard InChI is InChI=1S/C10H19N3O/c1-7(5-6-11)13(4)10(14)8(2)9(3)12/h7-9H,5,12H2,1-4H3. The first-order chi connectivity index (χ1) is 6.41. The van der Waals surface area contributed by atoms with Crippen molar-refractivity contribution >= 4 is 5.91 Å². The van der Waals surface area contributed by atoms with Crippen molar-refractivity contribution in [2.75, 3.05) is 7.05 Å². The third-order valence-corrected chi connectivity index (χ3v) is 2.57. The second kappa shape index (κ2) is 5.61. The van der Waals surface area contributed by atoms with E-state index in [-0.39, 0.29) is 23.9 Å². The summed E-state index contributed by atoms with van der Waals surface area (Å²) in [5.74, 6) is -0.191. The van der Waals surface area contributed by atoms with Gasteiger partial charge in [-0.1, -0.05) is 6.92 Å². The second-order valence-electron chi connectivity index (χ2n) is 3.81. The van der Waals surface area contributed by atoms with Gasteiger partial charge in [0.15, 0.2) is 0 Å². The summed E-state index contributed by atoms with van der Waals surface area (Å²) in [6.45, 7) is 5.48. The SMILES string of the molecule is CC(N)C(C)C(=O)N(C)C(C)CC#N. The van der Waals surface area contributed by atoms with Gasteiger partial charge >= 0.3 is 0 Å². The first kappa shape index (κ1) is 12.9. The molecule has 0 aromatic rings. The minimum absolute atomic E-state index is 0.00255. The zero-order valence-electron chi connectivity index (χ0n) is 9.32. The molecule has 0 rings (SSSR count). The van der Waals surface area contributed by atoms with Crippen LogP contribution in [0.1, 0.15) is 27.2 Å². The van der Waals surface area contributed by atoms with E-state index in [2.05, 4.69) is 0 Å². The minimum atomic E-state index is -0.193. The highest BCUT2D eigenvalue weighted by Gasteiger charge is 2.23. The molecule has 3 atom stereocenters. The van der Waals surface area contributed by atoms with Crippen molar-refractivity contribution < 1.29 is 4.79 Å². The minimum Gasteiger partial charge on any atom is -0.342 e. The van der Waals surface area contributed by atoms with Crippen LogP contribution in [0.25, 0.3) is 0 Å². The van der Waals surface area contributed by atoms with Gasteiger partial charge in [-0.05, 0) is 13.8 Å². The Morgan fingerprint density at radius 3 is 2.36 bits per heavy atom. The Morgan fingerprint density at radius 2 is 2.00 bits per heavy atom.